The predicted octanol–water partition coefficient (Wildman–Crippen LogP) is 3.16. The molecule has 1 heterocycles. The first-order chi connectivity index (χ1) is 13.4. The van der Waals surface area contributed by atoms with Crippen LogP contribution in [-0.2, 0) is 0 Å². The summed E-state index contributed by atoms with van der Waals surface area (Å²) in [6.07, 6.45) is 0.0123. The summed E-state index contributed by atoms with van der Waals surface area (Å²) < 4.78 is 5.92. The van der Waals surface area contributed by atoms with Gasteiger partial charge in [-0.3, -0.25) is 9.89 Å². The van der Waals surface area contributed by atoms with Crippen molar-refractivity contribution in [2.45, 2.75) is 32.9 Å². The quantitative estimate of drug-likeness (QED) is 0.303. The van der Waals surface area contributed by atoms with Crippen molar-refractivity contribution in [1.29, 1.82) is 0 Å². The van der Waals surface area contributed by atoms with Gasteiger partial charge < -0.3 is 20.3 Å². The van der Waals surface area contributed by atoms with Crippen LogP contribution in [0.3, 0.4) is 0 Å². The highest BCUT2D eigenvalue weighted by Gasteiger charge is 2.25. The van der Waals surface area contributed by atoms with E-state index in [1.165, 1.54) is 0 Å². The van der Waals surface area contributed by atoms with E-state index in [4.69, 9.17) is 16.3 Å². The molecule has 0 amide bonds. The Balaban J connectivity index is 0.00000420. The van der Waals surface area contributed by atoms with Crippen molar-refractivity contribution in [2.24, 2.45) is 10.9 Å². The molecule has 29 heavy (non-hydrogen) atoms. The highest BCUT2D eigenvalue weighted by molar-refractivity contribution is 14.0. The molecule has 0 aromatic heterocycles. The molecule has 8 heteroatoms. The van der Waals surface area contributed by atoms with Crippen molar-refractivity contribution < 1.29 is 4.74 Å². The number of nitrogens with zero attached hydrogens (tertiary/aromatic N) is 3. The van der Waals surface area contributed by atoms with Crippen molar-refractivity contribution in [3.05, 3.63) is 29.3 Å². The van der Waals surface area contributed by atoms with Gasteiger partial charge >= 0.3 is 0 Å². The molecule has 2 rings (SSSR count). The summed E-state index contributed by atoms with van der Waals surface area (Å²) >= 11 is 5.92. The average molecular weight is 538 g/mol. The number of piperazine rings is 1. The lowest BCUT2D eigenvalue weighted by Crippen LogP contribution is -2.55. The SMILES string of the molecule is CN=C(NCC(C)Oc1ccc(Cl)cc1)NCC(C(C)C)N1CCN(C)CC1.I. The number of aliphatic imine (C=N–C) groups is 1. The molecule has 0 aliphatic carbocycles. The molecule has 0 bridgehead atoms. The molecule has 1 aromatic rings. The molecule has 2 unspecified atom stereocenters. The number of hydrogen-bond donors (Lipinski definition) is 2. The van der Waals surface area contributed by atoms with Crippen molar-refractivity contribution in [3.8, 4) is 5.75 Å². The zero-order chi connectivity index (χ0) is 20.5. The van der Waals surface area contributed by atoms with Crippen LogP contribution in [0.15, 0.2) is 29.3 Å². The molecular weight excluding hydrogens is 501 g/mol. The molecule has 2 atom stereocenters. The Morgan fingerprint density at radius 1 is 1.07 bits per heavy atom. The summed E-state index contributed by atoms with van der Waals surface area (Å²) in [5.41, 5.74) is 0. The Morgan fingerprint density at radius 3 is 2.21 bits per heavy atom. The molecule has 1 aliphatic rings. The first kappa shape index (κ1) is 26.3. The lowest BCUT2D eigenvalue weighted by atomic mass is 10.0. The lowest BCUT2D eigenvalue weighted by molar-refractivity contribution is 0.0899. The maximum Gasteiger partial charge on any atom is 0.191 e. The lowest BCUT2D eigenvalue weighted by Gasteiger charge is -2.40. The summed E-state index contributed by atoms with van der Waals surface area (Å²) in [4.78, 5) is 9.35. The number of likely N-dealkylation sites (N-methyl/N-ethyl adjacent to an activating group) is 1. The van der Waals surface area contributed by atoms with Gasteiger partial charge in [-0.25, -0.2) is 0 Å². The van der Waals surface area contributed by atoms with Crippen molar-refractivity contribution in [1.82, 2.24) is 20.4 Å². The van der Waals surface area contributed by atoms with E-state index >= 15 is 0 Å². The number of hydrogen-bond acceptors (Lipinski definition) is 4. The second-order valence-corrected chi connectivity index (χ2v) is 8.30. The van der Waals surface area contributed by atoms with Crippen molar-refractivity contribution >= 4 is 41.5 Å². The Bertz CT molecular complexity index is 606. The summed E-state index contributed by atoms with van der Waals surface area (Å²) in [6, 6.07) is 7.93. The van der Waals surface area contributed by atoms with Gasteiger partial charge in [0.1, 0.15) is 11.9 Å². The normalized spacial score (nSPS) is 18.1. The topological polar surface area (TPSA) is 52.1 Å². The van der Waals surface area contributed by atoms with Crippen LogP contribution in [0.5, 0.6) is 5.75 Å². The smallest absolute Gasteiger partial charge is 0.191 e. The minimum atomic E-state index is 0. The zero-order valence-corrected chi connectivity index (χ0v) is 21.4. The van der Waals surface area contributed by atoms with Crippen LogP contribution >= 0.6 is 35.6 Å². The largest absolute Gasteiger partial charge is 0.489 e. The monoisotopic (exact) mass is 537 g/mol. The average Bonchev–Trinajstić information content (AvgIpc) is 2.67. The van der Waals surface area contributed by atoms with Gasteiger partial charge in [0.25, 0.3) is 0 Å². The number of rotatable bonds is 8. The number of nitrogens with one attached hydrogen (secondary N) is 2. The van der Waals surface area contributed by atoms with Crippen LogP contribution in [0, 0.1) is 5.92 Å². The van der Waals surface area contributed by atoms with Gasteiger partial charge in [-0.15, -0.1) is 24.0 Å². The third-order valence-corrected chi connectivity index (χ3v) is 5.44. The highest BCUT2D eigenvalue weighted by Crippen LogP contribution is 2.16. The summed E-state index contributed by atoms with van der Waals surface area (Å²) in [6.45, 7) is 12.7. The maximum absolute atomic E-state index is 5.92. The van der Waals surface area contributed by atoms with E-state index in [0.717, 1.165) is 44.4 Å². The molecule has 0 saturated carbocycles. The van der Waals surface area contributed by atoms with Gasteiger partial charge in [-0.05, 0) is 44.2 Å². The van der Waals surface area contributed by atoms with E-state index in [1.807, 2.05) is 31.2 Å². The van der Waals surface area contributed by atoms with Gasteiger partial charge in [0, 0.05) is 50.8 Å². The summed E-state index contributed by atoms with van der Waals surface area (Å²) in [5, 5.41) is 7.57. The second-order valence-electron chi connectivity index (χ2n) is 7.87. The van der Waals surface area contributed by atoms with E-state index in [-0.39, 0.29) is 30.1 Å². The van der Waals surface area contributed by atoms with Crippen LogP contribution in [0.4, 0.5) is 0 Å². The van der Waals surface area contributed by atoms with Gasteiger partial charge in [0.05, 0.1) is 6.54 Å². The Labute approximate surface area is 198 Å². The minimum Gasteiger partial charge on any atom is -0.489 e. The molecule has 1 saturated heterocycles. The fourth-order valence-electron chi connectivity index (χ4n) is 3.39. The van der Waals surface area contributed by atoms with Gasteiger partial charge in [0.15, 0.2) is 5.96 Å². The number of ether oxygens (including phenoxy) is 1. The minimum absolute atomic E-state index is 0. The second kappa shape index (κ2) is 13.5. The first-order valence-electron chi connectivity index (χ1n) is 10.2. The van der Waals surface area contributed by atoms with E-state index in [0.29, 0.717) is 23.5 Å². The Morgan fingerprint density at radius 2 is 1.66 bits per heavy atom. The third-order valence-electron chi connectivity index (χ3n) is 5.19. The van der Waals surface area contributed by atoms with Gasteiger partial charge in [0.2, 0.25) is 0 Å². The molecule has 0 spiro atoms. The Hall–Kier alpha value is -0.770. The van der Waals surface area contributed by atoms with Crippen molar-refractivity contribution in [2.75, 3.05) is 53.4 Å². The first-order valence-corrected chi connectivity index (χ1v) is 10.6. The van der Waals surface area contributed by atoms with Crippen LogP contribution in [0.1, 0.15) is 20.8 Å². The van der Waals surface area contributed by atoms with Crippen LogP contribution in [0.2, 0.25) is 5.02 Å². The van der Waals surface area contributed by atoms with Gasteiger partial charge in [-0.2, -0.15) is 0 Å². The number of benzene rings is 1. The van der Waals surface area contributed by atoms with Crippen LogP contribution in [-0.4, -0.2) is 81.3 Å². The molecule has 166 valence electrons. The Kier molecular flexibility index (Phi) is 12.2. The van der Waals surface area contributed by atoms with Crippen LogP contribution < -0.4 is 15.4 Å². The highest BCUT2D eigenvalue weighted by atomic mass is 127. The fourth-order valence-corrected chi connectivity index (χ4v) is 3.52. The zero-order valence-electron chi connectivity index (χ0n) is 18.3. The van der Waals surface area contributed by atoms with Crippen molar-refractivity contribution in [3.63, 3.8) is 0 Å². The molecule has 1 aromatic carbocycles. The maximum atomic E-state index is 5.92. The third kappa shape index (κ3) is 9.27. The molecule has 6 nitrogen and oxygen atoms in total. The molecule has 1 fully saturated rings. The van der Waals surface area contributed by atoms with E-state index in [9.17, 15) is 0 Å². The summed E-state index contributed by atoms with van der Waals surface area (Å²) in [5.74, 6) is 2.21. The molecule has 1 aliphatic heterocycles. The number of guanidine groups is 1. The summed E-state index contributed by atoms with van der Waals surface area (Å²) in [7, 11) is 4.00. The fraction of sp³-hybridized carbons (Fsp3) is 0.667. The molecule has 0 radical (unpaired) electrons. The number of halogens is 2. The van der Waals surface area contributed by atoms with Gasteiger partial charge in [-0.1, -0.05) is 25.4 Å². The predicted molar refractivity (Wildman–Crippen MR) is 134 cm³/mol. The molecular formula is C21H37ClIN5O. The van der Waals surface area contributed by atoms with E-state index in [1.54, 1.807) is 7.05 Å². The standard InChI is InChI=1S/C21H36ClN5O.HI/c1-16(2)20(27-12-10-26(5)11-13-27)15-25-21(23-4)24-14-17(3)28-19-8-6-18(22)7-9-19;/h6-9,16-17,20H,10-15H2,1-5H3,(H2,23,24,25);1H. The molecule has 2 N–H and O–H groups in total. The van der Waals surface area contributed by atoms with Crippen LogP contribution in [0.25, 0.3) is 0 Å². The van der Waals surface area contributed by atoms with E-state index < -0.39 is 0 Å². The van der Waals surface area contributed by atoms with E-state index in [2.05, 4.69) is 46.3 Å².